The van der Waals surface area contributed by atoms with Gasteiger partial charge in [0.05, 0.1) is 65.7 Å². The van der Waals surface area contributed by atoms with Gasteiger partial charge in [0.15, 0.2) is 0 Å². The molecule has 4 aromatic carbocycles. The predicted octanol–water partition coefficient (Wildman–Crippen LogP) is 9.24. The summed E-state index contributed by atoms with van der Waals surface area (Å²) in [5.41, 5.74) is 5.93. The van der Waals surface area contributed by atoms with Crippen LogP contribution >= 0.6 is 23.2 Å². The normalized spacial score (nSPS) is 17.2. The maximum Gasteiger partial charge on any atom is 0.224 e. The lowest BCUT2D eigenvalue weighted by molar-refractivity contribution is -0.117. The standard InChI is InChI=1S/C49H60Cl2N10O5/c1-6-64-44-26-40-37(24-41(44)58-46(62)13-9-17-60(3)4)49(32(28-53)30-55-40)57-35-15-16-43(38(51)22-35)66-20-19-61(5)18-10-14-47(63)59-42-23-36-39(25-45(42)65-7-2)54-29-31(27-52)48(36)56-34-12-8-11-33(50)21-34/h8,11-12,15-16,21-26,31-32,48-49,54-57H,6-7,9-10,13-14,17-20,29-30H2,1-5H3,(H,58,62)(H,59,63). The van der Waals surface area contributed by atoms with E-state index in [9.17, 15) is 20.1 Å². The lowest BCUT2D eigenvalue weighted by Gasteiger charge is -2.33. The number of nitrogens with zero attached hydrogens (tertiary/aromatic N) is 4. The molecule has 0 aliphatic carbocycles. The summed E-state index contributed by atoms with van der Waals surface area (Å²) in [7, 11) is 5.92. The largest absolute Gasteiger partial charge is 0.492 e. The van der Waals surface area contributed by atoms with E-state index in [1.165, 1.54) is 0 Å². The molecule has 6 rings (SSSR count). The van der Waals surface area contributed by atoms with E-state index in [1.807, 2.05) is 88.4 Å². The summed E-state index contributed by atoms with van der Waals surface area (Å²) in [6.45, 7) is 7.93. The second-order valence-corrected chi connectivity index (χ2v) is 17.5. The van der Waals surface area contributed by atoms with Crippen LogP contribution in [0.25, 0.3) is 0 Å². The van der Waals surface area contributed by atoms with Gasteiger partial charge in [-0.05, 0) is 109 Å². The number of benzene rings is 4. The molecule has 4 unspecified atom stereocenters. The molecule has 0 spiro atoms. The molecule has 0 radical (unpaired) electrons. The first-order valence-corrected chi connectivity index (χ1v) is 23.2. The summed E-state index contributed by atoms with van der Waals surface area (Å²) in [5, 5.41) is 41.0. The van der Waals surface area contributed by atoms with Gasteiger partial charge in [-0.25, -0.2) is 0 Å². The summed E-state index contributed by atoms with van der Waals surface area (Å²) in [4.78, 5) is 30.4. The predicted molar refractivity (Wildman–Crippen MR) is 263 cm³/mol. The minimum atomic E-state index is -0.418. The summed E-state index contributed by atoms with van der Waals surface area (Å²) >= 11 is 13.0. The molecule has 0 saturated carbocycles. The third kappa shape index (κ3) is 13.3. The smallest absolute Gasteiger partial charge is 0.224 e. The number of anilines is 6. The Labute approximate surface area is 398 Å². The van der Waals surface area contributed by atoms with E-state index >= 15 is 0 Å². The monoisotopic (exact) mass is 938 g/mol. The van der Waals surface area contributed by atoms with Crippen molar-refractivity contribution >= 4 is 69.1 Å². The highest BCUT2D eigenvalue weighted by atomic mass is 35.5. The van der Waals surface area contributed by atoms with Gasteiger partial charge in [0, 0.05) is 83.5 Å². The molecule has 350 valence electrons. The van der Waals surface area contributed by atoms with E-state index in [0.717, 1.165) is 41.2 Å². The topological polar surface area (TPSA) is 188 Å². The molecule has 0 saturated heterocycles. The molecule has 2 aliphatic rings. The van der Waals surface area contributed by atoms with Gasteiger partial charge >= 0.3 is 0 Å². The number of nitriles is 2. The van der Waals surface area contributed by atoms with E-state index in [-0.39, 0.29) is 30.2 Å². The molecule has 0 bridgehead atoms. The Balaban J connectivity index is 1.01. The van der Waals surface area contributed by atoms with Crippen LogP contribution in [0.4, 0.5) is 34.1 Å². The Hall–Kier alpha value is -6.10. The number of halogens is 2. The number of fused-ring (bicyclic) bond motifs is 2. The molecule has 4 atom stereocenters. The van der Waals surface area contributed by atoms with Crippen LogP contribution in [0.3, 0.4) is 0 Å². The maximum absolute atomic E-state index is 13.3. The van der Waals surface area contributed by atoms with E-state index in [2.05, 4.69) is 48.9 Å². The van der Waals surface area contributed by atoms with E-state index in [1.54, 1.807) is 18.2 Å². The SMILES string of the molecule is CCOc1cc2c(cc1NC(=O)CCCN(C)C)C(Nc1ccc(OCCN(C)CCCC(=O)Nc3cc4c(cc3OCC)NCC(C#N)C4Nc3cccc(Cl)c3)c(Cl)c1)C(C#N)CN2. The fourth-order valence-electron chi connectivity index (χ4n) is 8.02. The van der Waals surface area contributed by atoms with Gasteiger partial charge in [0.1, 0.15) is 23.9 Å². The van der Waals surface area contributed by atoms with E-state index in [0.29, 0.717) is 103 Å². The number of hydrogen-bond donors (Lipinski definition) is 6. The van der Waals surface area contributed by atoms with Gasteiger partial charge < -0.3 is 55.9 Å². The van der Waals surface area contributed by atoms with Gasteiger partial charge in [-0.15, -0.1) is 0 Å². The molecule has 0 aromatic heterocycles. The van der Waals surface area contributed by atoms with Crippen LogP contribution in [0.15, 0.2) is 66.7 Å². The van der Waals surface area contributed by atoms with Crippen molar-refractivity contribution in [3.8, 4) is 29.4 Å². The third-order valence-corrected chi connectivity index (χ3v) is 11.9. The number of hydrogen-bond acceptors (Lipinski definition) is 13. The Kier molecular flexibility index (Phi) is 17.9. The molecule has 2 amide bonds. The number of nitrogens with one attached hydrogen (secondary N) is 6. The van der Waals surface area contributed by atoms with Crippen molar-refractivity contribution in [1.29, 1.82) is 10.5 Å². The first kappa shape index (κ1) is 49.3. The molecule has 2 aliphatic heterocycles. The van der Waals surface area contributed by atoms with Gasteiger partial charge in [0.2, 0.25) is 11.8 Å². The van der Waals surface area contributed by atoms with Gasteiger partial charge in [-0.2, -0.15) is 10.5 Å². The Morgan fingerprint density at radius 2 is 1.24 bits per heavy atom. The number of carbonyl (C=O) groups is 2. The Bertz CT molecular complexity index is 2410. The van der Waals surface area contributed by atoms with Crippen molar-refractivity contribution in [3.05, 3.63) is 87.9 Å². The minimum Gasteiger partial charge on any atom is -0.492 e. The molecular formula is C49H60Cl2N10O5. The quantitative estimate of drug-likeness (QED) is 0.0438. The molecule has 2 heterocycles. The first-order chi connectivity index (χ1) is 31.9. The number of ether oxygens (including phenoxy) is 3. The maximum atomic E-state index is 13.3. The highest BCUT2D eigenvalue weighted by Crippen LogP contribution is 2.44. The first-order valence-electron chi connectivity index (χ1n) is 22.4. The number of rotatable bonds is 22. The summed E-state index contributed by atoms with van der Waals surface area (Å²) in [5.74, 6) is 0.587. The highest BCUT2D eigenvalue weighted by molar-refractivity contribution is 6.32. The van der Waals surface area contributed by atoms with E-state index < -0.39 is 12.0 Å². The highest BCUT2D eigenvalue weighted by Gasteiger charge is 2.33. The Morgan fingerprint density at radius 1 is 0.697 bits per heavy atom. The second kappa shape index (κ2) is 23.9. The summed E-state index contributed by atoms with van der Waals surface area (Å²) < 4.78 is 17.9. The lowest BCUT2D eigenvalue weighted by Crippen LogP contribution is -2.31. The minimum absolute atomic E-state index is 0.105. The van der Waals surface area contributed by atoms with Crippen LogP contribution in [-0.2, 0) is 9.59 Å². The molecule has 4 aromatic rings. The molecule has 66 heavy (non-hydrogen) atoms. The molecule has 15 nitrogen and oxygen atoms in total. The number of likely N-dealkylation sites (N-methyl/N-ethyl adjacent to an activating group) is 1. The fourth-order valence-corrected chi connectivity index (χ4v) is 8.45. The van der Waals surface area contributed by atoms with Crippen molar-refractivity contribution in [3.63, 3.8) is 0 Å². The van der Waals surface area contributed by atoms with Gasteiger partial charge in [-0.1, -0.05) is 29.3 Å². The molecular weight excluding hydrogens is 880 g/mol. The summed E-state index contributed by atoms with van der Waals surface area (Å²) in [6.07, 6.45) is 1.98. The third-order valence-electron chi connectivity index (χ3n) is 11.4. The average Bonchev–Trinajstić information content (AvgIpc) is 3.28. The van der Waals surface area contributed by atoms with Crippen molar-refractivity contribution in [2.24, 2.45) is 11.8 Å². The van der Waals surface area contributed by atoms with Gasteiger partial charge in [-0.3, -0.25) is 9.59 Å². The molecule has 17 heteroatoms. The molecule has 6 N–H and O–H groups in total. The van der Waals surface area contributed by atoms with Crippen molar-refractivity contribution in [2.45, 2.75) is 51.6 Å². The Morgan fingerprint density at radius 3 is 1.74 bits per heavy atom. The lowest BCUT2D eigenvalue weighted by atomic mass is 9.88. The van der Waals surface area contributed by atoms with Crippen molar-refractivity contribution in [1.82, 2.24) is 9.80 Å². The van der Waals surface area contributed by atoms with Crippen LogP contribution in [0.5, 0.6) is 17.2 Å². The second-order valence-electron chi connectivity index (χ2n) is 16.6. The van der Waals surface area contributed by atoms with Gasteiger partial charge in [0.25, 0.3) is 0 Å². The molecule has 0 fully saturated rings. The summed E-state index contributed by atoms with van der Waals surface area (Å²) in [6, 6.07) is 24.4. The number of carbonyl (C=O) groups excluding carboxylic acids is 2. The zero-order valence-corrected chi connectivity index (χ0v) is 39.7. The van der Waals surface area contributed by atoms with Crippen molar-refractivity contribution < 1.29 is 23.8 Å². The average molecular weight is 940 g/mol. The van der Waals surface area contributed by atoms with Crippen molar-refractivity contribution in [2.75, 3.05) is 106 Å². The zero-order valence-electron chi connectivity index (χ0n) is 38.2. The zero-order chi connectivity index (χ0) is 47.2. The number of amides is 2. The van der Waals surface area contributed by atoms with Crippen LogP contribution in [0.1, 0.15) is 62.7 Å². The van der Waals surface area contributed by atoms with Crippen LogP contribution < -0.4 is 46.1 Å². The van der Waals surface area contributed by atoms with Crippen LogP contribution in [0.2, 0.25) is 10.0 Å². The van der Waals surface area contributed by atoms with Crippen LogP contribution in [-0.4, -0.2) is 95.3 Å². The van der Waals surface area contributed by atoms with E-state index in [4.69, 9.17) is 37.4 Å². The van der Waals surface area contributed by atoms with Crippen LogP contribution in [0, 0.1) is 34.5 Å². The fraction of sp³-hybridized carbons (Fsp3) is 0.429.